The Morgan fingerprint density at radius 2 is 0.870 bits per heavy atom. The van der Waals surface area contributed by atoms with Gasteiger partial charge < -0.3 is 9.80 Å². The van der Waals surface area contributed by atoms with Crippen molar-refractivity contribution in [2.24, 2.45) is 0 Å². The van der Waals surface area contributed by atoms with Crippen molar-refractivity contribution < 1.29 is 0 Å². The maximum atomic E-state index is 10.4. The molecule has 4 nitrogen and oxygen atoms in total. The van der Waals surface area contributed by atoms with Gasteiger partial charge in [-0.3, -0.25) is 0 Å². The lowest BCUT2D eigenvalue weighted by Gasteiger charge is -2.34. The largest absolute Gasteiger partial charge is 0.320 e. The molecule has 0 heterocycles. The molecule has 1 spiro atoms. The fraction of sp³-hybridized carbons (Fsp3) is 0.108. The van der Waals surface area contributed by atoms with Crippen molar-refractivity contribution in [3.05, 3.63) is 257 Å². The number of nitriles is 1. The van der Waals surface area contributed by atoms with Crippen LogP contribution in [0.4, 0.5) is 39.8 Å². The third-order valence-electron chi connectivity index (χ3n) is 14.6. The van der Waals surface area contributed by atoms with Crippen LogP contribution >= 0.6 is 0 Å². The molecule has 0 atom stereocenters. The second-order valence-corrected chi connectivity index (χ2v) is 19.0. The first-order chi connectivity index (χ1) is 33.8. The molecule has 12 rings (SSSR count). The van der Waals surface area contributed by atoms with E-state index >= 15 is 0 Å². The predicted octanol–water partition coefficient (Wildman–Crippen LogP) is 17.9. The fourth-order valence-corrected chi connectivity index (χ4v) is 11.8. The van der Waals surface area contributed by atoms with E-state index in [1.165, 1.54) is 77.2 Å². The summed E-state index contributed by atoms with van der Waals surface area (Å²) in [6.07, 6.45) is 0. The van der Waals surface area contributed by atoms with Gasteiger partial charge in [0.1, 0.15) is 6.07 Å². The van der Waals surface area contributed by atoms with E-state index in [-0.39, 0.29) is 11.8 Å². The monoisotopic (exact) mass is 884 g/mol. The molecule has 0 amide bonds. The highest BCUT2D eigenvalue weighted by Gasteiger charge is 2.53. The minimum Gasteiger partial charge on any atom is -0.320 e. The number of nitrogens with zero attached hydrogens (tertiary/aromatic N) is 4. The Labute approximate surface area is 404 Å². The van der Waals surface area contributed by atoms with Crippen molar-refractivity contribution >= 4 is 61.4 Å². The standard InChI is InChI=1S/C65H48N4/c1-41(2)52-38-56-57-39-53(42(3)4)55-37-47(69(45-23-10-7-11-24-45)62-31-19-17-29-60(62)67-5)33-35-51(55)64(57)65(58-27-15-13-25-48(58)49-26-14-16-28-59(49)65)63(56)50-34-32-46(36-54(50)52)68(44-21-8-6-9-22-44)61-30-18-12-20-43(61)40-66/h6-39,41-42H,1-4H3. The summed E-state index contributed by atoms with van der Waals surface area (Å²) in [5.74, 6) is 0.424. The number of rotatable bonds is 8. The van der Waals surface area contributed by atoms with Gasteiger partial charge in [-0.1, -0.05) is 155 Å². The van der Waals surface area contributed by atoms with E-state index in [0.717, 1.165) is 34.1 Å². The maximum absolute atomic E-state index is 10.4. The summed E-state index contributed by atoms with van der Waals surface area (Å²) in [7, 11) is 0. The Morgan fingerprint density at radius 3 is 1.36 bits per heavy atom. The molecule has 69 heavy (non-hydrogen) atoms. The third-order valence-corrected chi connectivity index (χ3v) is 14.6. The zero-order chi connectivity index (χ0) is 47.0. The van der Waals surface area contributed by atoms with Crippen LogP contribution in [0.5, 0.6) is 0 Å². The van der Waals surface area contributed by atoms with Gasteiger partial charge in [0.2, 0.25) is 5.69 Å². The Balaban J connectivity index is 1.19. The van der Waals surface area contributed by atoms with Crippen LogP contribution in [0.15, 0.2) is 206 Å². The van der Waals surface area contributed by atoms with Crippen LogP contribution in [0.1, 0.15) is 78.5 Å². The molecule has 10 aromatic rings. The molecule has 0 saturated heterocycles. The Morgan fingerprint density at radius 1 is 0.435 bits per heavy atom. The summed E-state index contributed by atoms with van der Waals surface area (Å²) >= 11 is 0. The lowest BCUT2D eigenvalue weighted by Crippen LogP contribution is -2.27. The molecule has 2 aliphatic carbocycles. The lowest BCUT2D eigenvalue weighted by atomic mass is 9.67. The molecule has 0 fully saturated rings. The molecule has 10 aromatic carbocycles. The summed E-state index contributed by atoms with van der Waals surface area (Å²) in [4.78, 5) is 8.47. The Bertz CT molecular complexity index is 3530. The van der Waals surface area contributed by atoms with Crippen LogP contribution in [-0.2, 0) is 5.41 Å². The van der Waals surface area contributed by atoms with Crippen LogP contribution in [0.2, 0.25) is 0 Å². The van der Waals surface area contributed by atoms with Crippen LogP contribution in [0.25, 0.3) is 48.6 Å². The molecule has 328 valence electrons. The van der Waals surface area contributed by atoms with Crippen LogP contribution in [0, 0.1) is 17.9 Å². The fourth-order valence-electron chi connectivity index (χ4n) is 11.8. The first-order valence-electron chi connectivity index (χ1n) is 23.9. The highest BCUT2D eigenvalue weighted by atomic mass is 15.2. The van der Waals surface area contributed by atoms with E-state index in [1.54, 1.807) is 0 Å². The maximum Gasteiger partial charge on any atom is 0.210 e. The van der Waals surface area contributed by atoms with Gasteiger partial charge in [-0.05, 0) is 168 Å². The highest BCUT2D eigenvalue weighted by molar-refractivity contribution is 6.12. The topological polar surface area (TPSA) is 34.6 Å². The summed E-state index contributed by atoms with van der Waals surface area (Å²) in [6.45, 7) is 17.4. The second kappa shape index (κ2) is 16.3. The number of hydrogen-bond donors (Lipinski definition) is 0. The third kappa shape index (κ3) is 6.19. The van der Waals surface area contributed by atoms with Gasteiger partial charge in [-0.2, -0.15) is 5.26 Å². The molecule has 0 unspecified atom stereocenters. The molecule has 4 heteroatoms. The number of anilines is 6. The molecule has 0 N–H and O–H groups in total. The first kappa shape index (κ1) is 41.7. The van der Waals surface area contributed by atoms with Crippen molar-refractivity contribution in [3.63, 3.8) is 0 Å². The summed E-state index contributed by atoms with van der Waals surface area (Å²) in [5, 5.41) is 15.3. The zero-order valence-electron chi connectivity index (χ0n) is 39.1. The summed E-state index contributed by atoms with van der Waals surface area (Å²) in [5.41, 5.74) is 19.1. The number of para-hydroxylation sites is 5. The number of benzene rings is 10. The average molecular weight is 885 g/mol. The molecule has 0 aliphatic heterocycles. The van der Waals surface area contributed by atoms with Gasteiger partial charge >= 0.3 is 0 Å². The van der Waals surface area contributed by atoms with Crippen molar-refractivity contribution in [2.75, 3.05) is 9.80 Å². The van der Waals surface area contributed by atoms with Crippen molar-refractivity contribution in [1.29, 1.82) is 5.26 Å². The SMILES string of the molecule is [C-]#[N+]c1ccccc1N(c1ccccc1)c1ccc2c3c(cc(C(C)C)c2c1)-c1cc(C(C)C)c2cc(N(c4ccccc4)c4ccccc4C#N)ccc2c1C31c2ccccc2-c2ccccc21. The van der Waals surface area contributed by atoms with Crippen LogP contribution in [0.3, 0.4) is 0 Å². The summed E-state index contributed by atoms with van der Waals surface area (Å²) in [6, 6.07) is 76.3. The normalized spacial score (nSPS) is 12.7. The number of fused-ring (bicyclic) bond motifs is 14. The molecule has 0 saturated carbocycles. The van der Waals surface area contributed by atoms with Gasteiger partial charge in [0, 0.05) is 22.7 Å². The van der Waals surface area contributed by atoms with Crippen molar-refractivity contribution in [3.8, 4) is 28.3 Å². The van der Waals surface area contributed by atoms with Crippen molar-refractivity contribution in [1.82, 2.24) is 0 Å². The Hall–Kier alpha value is -8.70. The van der Waals surface area contributed by atoms with E-state index < -0.39 is 5.41 Å². The van der Waals surface area contributed by atoms with Gasteiger partial charge in [0.25, 0.3) is 0 Å². The highest BCUT2D eigenvalue weighted by Crippen LogP contribution is 2.66. The second-order valence-electron chi connectivity index (χ2n) is 19.0. The molecule has 0 radical (unpaired) electrons. The van der Waals surface area contributed by atoms with E-state index in [9.17, 15) is 5.26 Å². The molecular formula is C65H48N4. The quantitative estimate of drug-likeness (QED) is 0.143. The lowest BCUT2D eigenvalue weighted by molar-refractivity contribution is 0.806. The van der Waals surface area contributed by atoms with Gasteiger partial charge in [0.05, 0.1) is 28.9 Å². The van der Waals surface area contributed by atoms with E-state index in [4.69, 9.17) is 6.57 Å². The van der Waals surface area contributed by atoms with E-state index in [0.29, 0.717) is 11.3 Å². The molecular weight excluding hydrogens is 837 g/mol. The van der Waals surface area contributed by atoms with Gasteiger partial charge in [-0.15, -0.1) is 0 Å². The molecule has 2 aliphatic rings. The van der Waals surface area contributed by atoms with E-state index in [2.05, 4.69) is 200 Å². The number of hydrogen-bond acceptors (Lipinski definition) is 3. The minimum atomic E-state index is -0.648. The zero-order valence-corrected chi connectivity index (χ0v) is 39.1. The van der Waals surface area contributed by atoms with Gasteiger partial charge in [-0.25, -0.2) is 4.85 Å². The van der Waals surface area contributed by atoms with Crippen molar-refractivity contribution in [2.45, 2.75) is 44.9 Å². The predicted molar refractivity (Wildman–Crippen MR) is 286 cm³/mol. The Kier molecular flexibility index (Phi) is 9.84. The first-order valence-corrected chi connectivity index (χ1v) is 23.9. The molecule has 0 bridgehead atoms. The summed E-state index contributed by atoms with van der Waals surface area (Å²) < 4.78 is 0. The molecule has 0 aromatic heterocycles. The van der Waals surface area contributed by atoms with Crippen LogP contribution in [-0.4, -0.2) is 0 Å². The van der Waals surface area contributed by atoms with E-state index in [1.807, 2.05) is 54.6 Å². The van der Waals surface area contributed by atoms with Gasteiger partial charge in [0.15, 0.2) is 0 Å². The minimum absolute atomic E-state index is 0.211. The smallest absolute Gasteiger partial charge is 0.210 e. The van der Waals surface area contributed by atoms with Crippen LogP contribution < -0.4 is 9.80 Å². The average Bonchev–Trinajstić information content (AvgIpc) is 3.86.